The number of nitrogens with zero attached hydrogens (tertiary/aromatic N) is 1. The Kier molecular flexibility index (Phi) is 14.2. The molecule has 134 valence electrons. The number of guanidine groups is 1. The highest BCUT2D eigenvalue weighted by Crippen LogP contribution is 2.12. The van der Waals surface area contributed by atoms with Crippen molar-refractivity contribution in [2.24, 2.45) is 4.99 Å². The Balaban J connectivity index is 0.00000529. The molecule has 0 unspecified atom stereocenters. The van der Waals surface area contributed by atoms with E-state index in [1.165, 1.54) is 5.56 Å². The Bertz CT molecular complexity index is 498. The van der Waals surface area contributed by atoms with E-state index in [4.69, 9.17) is 15.9 Å². The maximum Gasteiger partial charge on any atom is 0.190 e. The van der Waals surface area contributed by atoms with Crippen molar-refractivity contribution in [1.29, 1.82) is 0 Å². The largest absolute Gasteiger partial charge is 0.481 e. The molecule has 0 spiro atoms. The first-order chi connectivity index (χ1) is 11.3. The minimum Gasteiger partial charge on any atom is -0.481 e. The molecule has 24 heavy (non-hydrogen) atoms. The van der Waals surface area contributed by atoms with Crippen LogP contribution >= 0.6 is 24.0 Å². The number of benzene rings is 1. The van der Waals surface area contributed by atoms with E-state index in [2.05, 4.69) is 21.5 Å². The average molecular weight is 445 g/mol. The normalized spacial score (nSPS) is 10.5. The van der Waals surface area contributed by atoms with E-state index in [1.807, 2.05) is 31.2 Å². The molecule has 0 aliphatic rings. The van der Waals surface area contributed by atoms with Gasteiger partial charge < -0.3 is 20.1 Å². The van der Waals surface area contributed by atoms with Crippen molar-refractivity contribution in [3.05, 3.63) is 29.8 Å². The second kappa shape index (κ2) is 15.1. The minimum absolute atomic E-state index is 0. The quantitative estimate of drug-likeness (QED) is 0.191. The number of hydrogen-bond donors (Lipinski definition) is 2. The van der Waals surface area contributed by atoms with Crippen LogP contribution in [-0.2, 0) is 11.2 Å². The lowest BCUT2D eigenvalue weighted by molar-refractivity contribution is 0.145. The van der Waals surface area contributed by atoms with Gasteiger partial charge in [-0.3, -0.25) is 4.99 Å². The highest BCUT2D eigenvalue weighted by molar-refractivity contribution is 14.0. The van der Waals surface area contributed by atoms with E-state index in [-0.39, 0.29) is 24.0 Å². The molecule has 6 heteroatoms. The smallest absolute Gasteiger partial charge is 0.190 e. The Morgan fingerprint density at radius 3 is 2.54 bits per heavy atom. The molecule has 0 aromatic heterocycles. The van der Waals surface area contributed by atoms with E-state index >= 15 is 0 Å². The van der Waals surface area contributed by atoms with Gasteiger partial charge in [0.15, 0.2) is 5.96 Å². The van der Waals surface area contributed by atoms with Gasteiger partial charge in [0.2, 0.25) is 0 Å². The van der Waals surface area contributed by atoms with Gasteiger partial charge in [0.25, 0.3) is 0 Å². The third-order valence-electron chi connectivity index (χ3n) is 3.14. The summed E-state index contributed by atoms with van der Waals surface area (Å²) in [5.74, 6) is 4.06. The number of rotatable bonds is 10. The van der Waals surface area contributed by atoms with E-state index < -0.39 is 0 Å². The zero-order valence-corrected chi connectivity index (χ0v) is 16.8. The fraction of sp³-hybridized carbons (Fsp3) is 0.500. The lowest BCUT2D eigenvalue weighted by atomic mass is 10.1. The molecule has 1 aromatic rings. The molecule has 0 saturated carbocycles. The van der Waals surface area contributed by atoms with Crippen molar-refractivity contribution >= 4 is 29.9 Å². The first-order valence-corrected chi connectivity index (χ1v) is 7.97. The number of aliphatic imine (C=N–C) groups is 1. The summed E-state index contributed by atoms with van der Waals surface area (Å²) < 4.78 is 10.7. The van der Waals surface area contributed by atoms with Crippen LogP contribution in [0.3, 0.4) is 0 Å². The molecule has 0 fully saturated rings. The van der Waals surface area contributed by atoms with Crippen LogP contribution in [0.2, 0.25) is 0 Å². The van der Waals surface area contributed by atoms with Crippen LogP contribution < -0.4 is 15.4 Å². The van der Waals surface area contributed by atoms with Crippen molar-refractivity contribution in [3.63, 3.8) is 0 Å². The molecule has 1 aromatic carbocycles. The number of hydrogen-bond acceptors (Lipinski definition) is 3. The number of terminal acetylenes is 1. The molecule has 0 atom stereocenters. The standard InChI is InChI=1S/C18H27N3O2.HI/c1-4-14-23-17-9-7-16(8-10-17)11-13-21-18(19-3)20-12-6-15-22-5-2;/h1,7-10H,5-6,11-15H2,2-3H3,(H2,19,20,21);1H. The summed E-state index contributed by atoms with van der Waals surface area (Å²) in [7, 11) is 1.77. The number of ether oxygens (including phenoxy) is 2. The lowest BCUT2D eigenvalue weighted by Crippen LogP contribution is -2.39. The second-order valence-corrected chi connectivity index (χ2v) is 4.86. The molecule has 0 bridgehead atoms. The summed E-state index contributed by atoms with van der Waals surface area (Å²) in [6.45, 7) is 5.50. The fourth-order valence-electron chi connectivity index (χ4n) is 1.95. The summed E-state index contributed by atoms with van der Waals surface area (Å²) in [5, 5.41) is 6.56. The van der Waals surface area contributed by atoms with Gasteiger partial charge >= 0.3 is 0 Å². The van der Waals surface area contributed by atoms with Crippen LogP contribution in [0.1, 0.15) is 18.9 Å². The molecule has 1 rings (SSSR count). The van der Waals surface area contributed by atoms with Crippen molar-refractivity contribution in [1.82, 2.24) is 10.6 Å². The predicted molar refractivity (Wildman–Crippen MR) is 110 cm³/mol. The molecule has 0 aliphatic carbocycles. The fourth-order valence-corrected chi connectivity index (χ4v) is 1.95. The maximum atomic E-state index is 5.35. The van der Waals surface area contributed by atoms with Crippen LogP contribution in [0.5, 0.6) is 5.75 Å². The van der Waals surface area contributed by atoms with E-state index in [0.717, 1.165) is 50.9 Å². The van der Waals surface area contributed by atoms with Gasteiger partial charge in [0.05, 0.1) is 0 Å². The van der Waals surface area contributed by atoms with E-state index in [1.54, 1.807) is 7.05 Å². The summed E-state index contributed by atoms with van der Waals surface area (Å²) in [5.41, 5.74) is 1.23. The summed E-state index contributed by atoms with van der Waals surface area (Å²) in [4.78, 5) is 4.20. The van der Waals surface area contributed by atoms with Gasteiger partial charge in [-0.1, -0.05) is 18.1 Å². The van der Waals surface area contributed by atoms with Gasteiger partial charge in [0.1, 0.15) is 12.4 Å². The average Bonchev–Trinajstić information content (AvgIpc) is 2.59. The van der Waals surface area contributed by atoms with Crippen molar-refractivity contribution < 1.29 is 9.47 Å². The number of nitrogens with one attached hydrogen (secondary N) is 2. The minimum atomic E-state index is 0. The van der Waals surface area contributed by atoms with Gasteiger partial charge in [0, 0.05) is 33.4 Å². The lowest BCUT2D eigenvalue weighted by Gasteiger charge is -2.12. The van der Waals surface area contributed by atoms with Crippen LogP contribution in [0.4, 0.5) is 0 Å². The Hall–Kier alpha value is -1.46. The monoisotopic (exact) mass is 445 g/mol. The van der Waals surface area contributed by atoms with Crippen molar-refractivity contribution in [2.75, 3.05) is 40.0 Å². The zero-order valence-electron chi connectivity index (χ0n) is 14.5. The number of halogens is 1. The topological polar surface area (TPSA) is 54.9 Å². The molecule has 0 aliphatic heterocycles. The molecule has 5 nitrogen and oxygen atoms in total. The molecule has 0 radical (unpaired) electrons. The van der Waals surface area contributed by atoms with Crippen LogP contribution in [0, 0.1) is 12.3 Å². The van der Waals surface area contributed by atoms with Crippen LogP contribution in [-0.4, -0.2) is 45.9 Å². The molecule has 2 N–H and O–H groups in total. The molecule has 0 saturated heterocycles. The van der Waals surface area contributed by atoms with Gasteiger partial charge in [-0.2, -0.15) is 0 Å². The Morgan fingerprint density at radius 2 is 1.92 bits per heavy atom. The van der Waals surface area contributed by atoms with E-state index in [9.17, 15) is 0 Å². The third kappa shape index (κ3) is 10.3. The molecule has 0 amide bonds. The first kappa shape index (κ1) is 22.5. The molecular formula is C18H28IN3O2. The first-order valence-electron chi connectivity index (χ1n) is 7.97. The van der Waals surface area contributed by atoms with Crippen molar-refractivity contribution in [2.45, 2.75) is 19.8 Å². The highest BCUT2D eigenvalue weighted by Gasteiger charge is 1.99. The van der Waals surface area contributed by atoms with E-state index in [0.29, 0.717) is 6.61 Å². The Morgan fingerprint density at radius 1 is 1.21 bits per heavy atom. The third-order valence-corrected chi connectivity index (χ3v) is 3.14. The predicted octanol–water partition coefficient (Wildman–Crippen LogP) is 2.45. The maximum absolute atomic E-state index is 5.35. The Labute approximate surface area is 162 Å². The van der Waals surface area contributed by atoms with Gasteiger partial charge in [-0.25, -0.2) is 0 Å². The van der Waals surface area contributed by atoms with Gasteiger partial charge in [-0.05, 0) is 37.5 Å². The summed E-state index contributed by atoms with van der Waals surface area (Å²) in [6.07, 6.45) is 7.04. The van der Waals surface area contributed by atoms with Crippen molar-refractivity contribution in [3.8, 4) is 18.1 Å². The van der Waals surface area contributed by atoms with Crippen LogP contribution in [0.15, 0.2) is 29.3 Å². The SMILES string of the molecule is C#CCOc1ccc(CCNC(=NC)NCCCOCC)cc1.I. The summed E-state index contributed by atoms with van der Waals surface area (Å²) in [6, 6.07) is 7.97. The van der Waals surface area contributed by atoms with Crippen LogP contribution in [0.25, 0.3) is 0 Å². The second-order valence-electron chi connectivity index (χ2n) is 4.86. The van der Waals surface area contributed by atoms with Gasteiger partial charge in [-0.15, -0.1) is 30.4 Å². The summed E-state index contributed by atoms with van der Waals surface area (Å²) >= 11 is 0. The molecule has 0 heterocycles. The highest BCUT2D eigenvalue weighted by atomic mass is 127. The zero-order chi connectivity index (χ0) is 16.8. The molecular weight excluding hydrogens is 417 g/mol.